The van der Waals surface area contributed by atoms with Gasteiger partial charge in [0.1, 0.15) is 11.7 Å². The average Bonchev–Trinajstić information content (AvgIpc) is 3.04. The lowest BCUT2D eigenvalue weighted by Gasteiger charge is -2.53. The van der Waals surface area contributed by atoms with Gasteiger partial charge >= 0.3 is 23.9 Å². The van der Waals surface area contributed by atoms with Gasteiger partial charge in [-0.1, -0.05) is 75.3 Å². The molecule has 11 heteroatoms. The van der Waals surface area contributed by atoms with Crippen molar-refractivity contribution in [2.45, 2.75) is 122 Å². The molecule has 0 unspecified atom stereocenters. The van der Waals surface area contributed by atoms with Crippen LogP contribution in [0, 0.1) is 11.8 Å². The first-order chi connectivity index (χ1) is 22.2. The Morgan fingerprint density at radius 1 is 0.957 bits per heavy atom. The van der Waals surface area contributed by atoms with Crippen LogP contribution in [0.4, 0.5) is 0 Å². The first kappa shape index (κ1) is 39.6. The molecule has 0 saturated carbocycles. The lowest BCUT2D eigenvalue weighted by atomic mass is 9.78. The monoisotopic (exact) mass is 660 g/mol. The number of aliphatic hydroxyl groups excluding tert-OH is 1. The predicted molar refractivity (Wildman–Crippen MR) is 175 cm³/mol. The molecule has 11 nitrogen and oxygen atoms in total. The van der Waals surface area contributed by atoms with E-state index in [0.717, 1.165) is 37.0 Å². The lowest BCUT2D eigenvalue weighted by Crippen LogP contribution is -2.59. The molecule has 7 atom stereocenters. The summed E-state index contributed by atoms with van der Waals surface area (Å²) >= 11 is 0. The Kier molecular flexibility index (Phi) is 16.3. The Morgan fingerprint density at radius 2 is 1.66 bits per heavy atom. The van der Waals surface area contributed by atoms with E-state index in [4.69, 9.17) is 24.4 Å². The molecule has 0 bridgehead atoms. The first-order valence-electron chi connectivity index (χ1n) is 16.4. The Labute approximate surface area is 278 Å². The molecule has 0 aromatic heterocycles. The van der Waals surface area contributed by atoms with Gasteiger partial charge in [-0.2, -0.15) is 0 Å². The van der Waals surface area contributed by atoms with Crippen molar-refractivity contribution in [2.24, 2.45) is 11.8 Å². The van der Waals surface area contributed by atoms with Crippen LogP contribution < -0.4 is 0 Å². The molecular weight excluding hydrogens is 608 g/mol. The van der Waals surface area contributed by atoms with Gasteiger partial charge in [0.05, 0.1) is 32.2 Å². The minimum absolute atomic E-state index is 0.101. The highest BCUT2D eigenvalue weighted by Crippen LogP contribution is 2.48. The molecule has 2 saturated heterocycles. The van der Waals surface area contributed by atoms with Crippen LogP contribution in [0.25, 0.3) is 0 Å². The van der Waals surface area contributed by atoms with E-state index < -0.39 is 47.5 Å². The largest absolute Gasteiger partial charge is 0.478 e. The van der Waals surface area contributed by atoms with E-state index in [0.29, 0.717) is 32.1 Å². The average molecular weight is 661 g/mol. The van der Waals surface area contributed by atoms with E-state index >= 15 is 0 Å². The standard InChI is InChI=1S/C36H52O11/c1-6-7-21-35(47-34(43)19-18-33(42)44-5)23-24-36(46-30(35)10-8-9-11-31(38)39)22-20-27(4)29(45-36)16-13-25(2)12-15-28(37)26(3)14-17-32(40)41/h8-15,17,26-30,37H,6-7,16,18-24H2,1-5H3,(H,38,39)(H,40,41)/b10-8+,11-9+,15-12+,17-14+,25-13+/t26-,27-,28-,29+,30-,35+,36-/m0/s1. The minimum Gasteiger partial charge on any atom is -0.478 e. The van der Waals surface area contributed by atoms with Crippen LogP contribution in [0.15, 0.2) is 60.3 Å². The van der Waals surface area contributed by atoms with Gasteiger partial charge in [-0.15, -0.1) is 0 Å². The van der Waals surface area contributed by atoms with Gasteiger partial charge in [-0.3, -0.25) is 9.59 Å². The molecule has 1 spiro atoms. The number of methoxy groups -OCH3 is 1. The number of hydrogen-bond donors (Lipinski definition) is 3. The number of carbonyl (C=O) groups is 4. The highest BCUT2D eigenvalue weighted by atomic mass is 16.7. The molecule has 262 valence electrons. The second-order valence-electron chi connectivity index (χ2n) is 12.5. The summed E-state index contributed by atoms with van der Waals surface area (Å²) in [5.41, 5.74) is -0.106. The second-order valence-corrected chi connectivity index (χ2v) is 12.5. The molecule has 0 aromatic rings. The number of hydrogen-bond acceptors (Lipinski definition) is 9. The Morgan fingerprint density at radius 3 is 2.32 bits per heavy atom. The zero-order valence-corrected chi connectivity index (χ0v) is 28.3. The number of unbranched alkanes of at least 4 members (excludes halogenated alkanes) is 1. The van der Waals surface area contributed by atoms with Crippen LogP contribution >= 0.6 is 0 Å². The maximum Gasteiger partial charge on any atom is 0.328 e. The van der Waals surface area contributed by atoms with Crippen molar-refractivity contribution in [3.05, 3.63) is 60.3 Å². The zero-order chi connectivity index (χ0) is 35.0. The number of aliphatic carboxylic acids is 2. The summed E-state index contributed by atoms with van der Waals surface area (Å²) in [6.45, 7) is 7.82. The maximum atomic E-state index is 13.0. The molecule has 2 heterocycles. The Balaban J connectivity index is 2.27. The van der Waals surface area contributed by atoms with Crippen LogP contribution in [0.5, 0.6) is 0 Å². The molecular formula is C36H52O11. The molecule has 2 fully saturated rings. The second kappa shape index (κ2) is 19.3. The summed E-state index contributed by atoms with van der Waals surface area (Å²) in [4.78, 5) is 46.5. The van der Waals surface area contributed by atoms with E-state index in [-0.39, 0.29) is 30.8 Å². The number of ether oxygens (including phenoxy) is 4. The fourth-order valence-corrected chi connectivity index (χ4v) is 5.73. The maximum absolute atomic E-state index is 13.0. The van der Waals surface area contributed by atoms with E-state index in [9.17, 15) is 24.3 Å². The quantitative estimate of drug-likeness (QED) is 0.0976. The normalized spacial score (nSPS) is 28.3. The summed E-state index contributed by atoms with van der Waals surface area (Å²) < 4.78 is 24.3. The van der Waals surface area contributed by atoms with Gasteiger partial charge in [0.2, 0.25) is 0 Å². The number of esters is 2. The van der Waals surface area contributed by atoms with Crippen molar-refractivity contribution in [2.75, 3.05) is 7.11 Å². The number of carbonyl (C=O) groups excluding carboxylic acids is 2. The van der Waals surface area contributed by atoms with E-state index in [1.807, 2.05) is 19.9 Å². The molecule has 0 radical (unpaired) electrons. The van der Waals surface area contributed by atoms with Crippen molar-refractivity contribution in [3.8, 4) is 0 Å². The van der Waals surface area contributed by atoms with Gasteiger partial charge in [-0.05, 0) is 44.9 Å². The first-order valence-corrected chi connectivity index (χ1v) is 16.4. The topological polar surface area (TPSA) is 166 Å². The van der Waals surface area contributed by atoms with Crippen molar-refractivity contribution in [1.82, 2.24) is 0 Å². The van der Waals surface area contributed by atoms with E-state index in [2.05, 4.69) is 11.7 Å². The van der Waals surface area contributed by atoms with Crippen LogP contribution in [0.3, 0.4) is 0 Å². The number of allylic oxidation sites excluding steroid dienone is 4. The van der Waals surface area contributed by atoms with Crippen LogP contribution in [-0.4, -0.2) is 76.0 Å². The number of carboxylic acids is 2. The van der Waals surface area contributed by atoms with E-state index in [1.54, 1.807) is 31.2 Å². The summed E-state index contributed by atoms with van der Waals surface area (Å²) in [5, 5.41) is 28.2. The van der Waals surface area contributed by atoms with Crippen molar-refractivity contribution < 1.29 is 53.4 Å². The van der Waals surface area contributed by atoms with Crippen molar-refractivity contribution in [1.29, 1.82) is 0 Å². The van der Waals surface area contributed by atoms with Crippen LogP contribution in [0.2, 0.25) is 0 Å². The minimum atomic E-state index is -1.09. The van der Waals surface area contributed by atoms with Gasteiger partial charge in [0, 0.05) is 30.9 Å². The summed E-state index contributed by atoms with van der Waals surface area (Å²) in [5.74, 6) is -4.26. The molecule has 2 aliphatic heterocycles. The van der Waals surface area contributed by atoms with Crippen LogP contribution in [0.1, 0.15) is 91.9 Å². The van der Waals surface area contributed by atoms with E-state index in [1.165, 1.54) is 19.3 Å². The zero-order valence-electron chi connectivity index (χ0n) is 28.3. The predicted octanol–water partition coefficient (Wildman–Crippen LogP) is 5.83. The number of carboxylic acid groups (broad SMARTS) is 2. The molecule has 2 rings (SSSR count). The van der Waals surface area contributed by atoms with Gasteiger partial charge < -0.3 is 34.3 Å². The molecule has 0 aliphatic carbocycles. The lowest BCUT2D eigenvalue weighted by molar-refractivity contribution is -0.344. The highest BCUT2D eigenvalue weighted by molar-refractivity contribution is 5.80. The van der Waals surface area contributed by atoms with Crippen LogP contribution in [-0.2, 0) is 38.1 Å². The number of rotatable bonds is 17. The Hall–Kier alpha value is -3.54. The van der Waals surface area contributed by atoms with Gasteiger partial charge in [-0.25, -0.2) is 9.59 Å². The third-order valence-corrected chi connectivity index (χ3v) is 8.75. The molecule has 0 aromatic carbocycles. The summed E-state index contributed by atoms with van der Waals surface area (Å²) in [6.07, 6.45) is 16.8. The Bertz CT molecular complexity index is 1220. The SMILES string of the molecule is CCCC[C@@]1(OC(=O)CCC(=O)OC)CC[C@]2(CC[C@H](C)[C@@H](C/C=C(C)/C=C/[C@H](O)[C@@H](C)/C=C/C(=O)O)O2)O[C@H]1/C=C/C=C/C(=O)O. The van der Waals surface area contributed by atoms with Gasteiger partial charge in [0.25, 0.3) is 0 Å². The molecule has 2 aliphatic rings. The smallest absolute Gasteiger partial charge is 0.328 e. The molecule has 3 N–H and O–H groups in total. The van der Waals surface area contributed by atoms with Crippen molar-refractivity contribution >= 4 is 23.9 Å². The summed E-state index contributed by atoms with van der Waals surface area (Å²) in [7, 11) is 1.26. The number of aliphatic hydroxyl groups is 1. The third-order valence-electron chi connectivity index (χ3n) is 8.75. The summed E-state index contributed by atoms with van der Waals surface area (Å²) in [6, 6.07) is 0. The third kappa shape index (κ3) is 13.2. The molecule has 47 heavy (non-hydrogen) atoms. The van der Waals surface area contributed by atoms with Gasteiger partial charge in [0.15, 0.2) is 5.79 Å². The molecule has 0 amide bonds. The highest BCUT2D eigenvalue weighted by Gasteiger charge is 2.54. The fourth-order valence-electron chi connectivity index (χ4n) is 5.73. The fraction of sp³-hybridized carbons (Fsp3) is 0.611. The van der Waals surface area contributed by atoms with Crippen molar-refractivity contribution in [3.63, 3.8) is 0 Å².